The molecule has 21 heavy (non-hydrogen) atoms. The van der Waals surface area contributed by atoms with E-state index in [0.29, 0.717) is 6.04 Å². The Morgan fingerprint density at radius 2 is 2.38 bits per heavy atom. The molecule has 1 aromatic heterocycles. The minimum Gasteiger partial charge on any atom is -0.370 e. The summed E-state index contributed by atoms with van der Waals surface area (Å²) in [6, 6.07) is 4.53. The summed E-state index contributed by atoms with van der Waals surface area (Å²) in [6.07, 6.45) is 2.92. The van der Waals surface area contributed by atoms with Crippen LogP contribution in [0, 0.1) is 0 Å². The Kier molecular flexibility index (Phi) is 4.24. The third-order valence-corrected chi connectivity index (χ3v) is 4.14. The highest BCUT2D eigenvalue weighted by atomic mass is 16.2. The number of amides is 2. The van der Waals surface area contributed by atoms with Gasteiger partial charge in [-0.3, -0.25) is 4.90 Å². The predicted molar refractivity (Wildman–Crippen MR) is 82.2 cm³/mol. The quantitative estimate of drug-likeness (QED) is 0.852. The maximum atomic E-state index is 11.6. The van der Waals surface area contributed by atoms with Crippen LogP contribution in [0.1, 0.15) is 18.9 Å². The van der Waals surface area contributed by atoms with Gasteiger partial charge in [-0.05, 0) is 12.5 Å². The number of pyridine rings is 1. The van der Waals surface area contributed by atoms with Crippen molar-refractivity contribution in [3.8, 4) is 0 Å². The Hall–Kier alpha value is -1.82. The molecule has 2 fully saturated rings. The van der Waals surface area contributed by atoms with Crippen molar-refractivity contribution >= 4 is 11.8 Å². The summed E-state index contributed by atoms with van der Waals surface area (Å²) in [6.45, 7) is 7.42. The monoisotopic (exact) mass is 289 g/mol. The molecule has 3 heterocycles. The first kappa shape index (κ1) is 14.1. The predicted octanol–water partition coefficient (Wildman–Crippen LogP) is 1.11. The first-order valence-corrected chi connectivity index (χ1v) is 7.72. The van der Waals surface area contributed by atoms with Crippen molar-refractivity contribution in [3.05, 3.63) is 23.9 Å². The van der Waals surface area contributed by atoms with Gasteiger partial charge >= 0.3 is 6.03 Å². The van der Waals surface area contributed by atoms with E-state index in [9.17, 15) is 4.79 Å². The van der Waals surface area contributed by atoms with Gasteiger partial charge in [0.05, 0.1) is 6.04 Å². The summed E-state index contributed by atoms with van der Waals surface area (Å²) >= 11 is 0. The fourth-order valence-corrected chi connectivity index (χ4v) is 3.02. The molecule has 2 N–H and O–H groups in total. The van der Waals surface area contributed by atoms with E-state index in [0.717, 1.165) is 51.5 Å². The number of rotatable bonds is 5. The molecular formula is C15H23N5O. The summed E-state index contributed by atoms with van der Waals surface area (Å²) in [5.41, 5.74) is 1.23. The Bertz CT molecular complexity index is 507. The third kappa shape index (κ3) is 3.10. The lowest BCUT2D eigenvalue weighted by Crippen LogP contribution is -2.51. The van der Waals surface area contributed by atoms with Crippen LogP contribution >= 0.6 is 0 Å². The second-order valence-electron chi connectivity index (χ2n) is 5.71. The van der Waals surface area contributed by atoms with Gasteiger partial charge in [0.15, 0.2) is 0 Å². The molecule has 2 aliphatic heterocycles. The van der Waals surface area contributed by atoms with E-state index in [-0.39, 0.29) is 6.03 Å². The number of urea groups is 1. The van der Waals surface area contributed by atoms with Crippen LogP contribution in [0.5, 0.6) is 0 Å². The topological polar surface area (TPSA) is 60.5 Å². The largest absolute Gasteiger partial charge is 0.370 e. The van der Waals surface area contributed by atoms with Gasteiger partial charge < -0.3 is 15.5 Å². The lowest BCUT2D eigenvalue weighted by molar-refractivity contribution is 0.116. The third-order valence-electron chi connectivity index (χ3n) is 4.14. The number of hydrogen-bond acceptors (Lipinski definition) is 4. The molecule has 0 bridgehead atoms. The molecule has 0 aliphatic carbocycles. The van der Waals surface area contributed by atoms with Gasteiger partial charge in [0.25, 0.3) is 0 Å². The molecule has 2 amide bonds. The van der Waals surface area contributed by atoms with E-state index >= 15 is 0 Å². The number of fused-ring (bicyclic) bond motifs is 1. The Morgan fingerprint density at radius 3 is 3.24 bits per heavy atom. The van der Waals surface area contributed by atoms with E-state index in [1.165, 1.54) is 5.56 Å². The normalized spacial score (nSPS) is 22.0. The molecule has 2 aliphatic rings. The fraction of sp³-hybridized carbons (Fsp3) is 0.600. The van der Waals surface area contributed by atoms with Gasteiger partial charge in [-0.25, -0.2) is 9.78 Å². The summed E-state index contributed by atoms with van der Waals surface area (Å²) in [4.78, 5) is 20.4. The van der Waals surface area contributed by atoms with Crippen LogP contribution in [-0.2, 0) is 6.54 Å². The molecule has 0 aromatic carbocycles. The van der Waals surface area contributed by atoms with E-state index in [2.05, 4.69) is 33.5 Å². The molecule has 3 rings (SSSR count). The highest BCUT2D eigenvalue weighted by Crippen LogP contribution is 2.19. The smallest absolute Gasteiger partial charge is 0.317 e. The Labute approximate surface area is 125 Å². The molecule has 1 unspecified atom stereocenters. The van der Waals surface area contributed by atoms with Gasteiger partial charge in [-0.1, -0.05) is 13.0 Å². The molecule has 0 radical (unpaired) electrons. The van der Waals surface area contributed by atoms with Crippen molar-refractivity contribution in [3.63, 3.8) is 0 Å². The van der Waals surface area contributed by atoms with Crippen molar-refractivity contribution in [2.24, 2.45) is 0 Å². The number of anilines is 1. The molecule has 0 spiro atoms. The summed E-state index contributed by atoms with van der Waals surface area (Å²) < 4.78 is 0. The number of nitrogens with one attached hydrogen (secondary N) is 2. The van der Waals surface area contributed by atoms with E-state index in [4.69, 9.17) is 0 Å². The van der Waals surface area contributed by atoms with Gasteiger partial charge in [0.2, 0.25) is 0 Å². The number of piperazine rings is 1. The maximum absolute atomic E-state index is 11.6. The van der Waals surface area contributed by atoms with Gasteiger partial charge in [0.1, 0.15) is 5.82 Å². The van der Waals surface area contributed by atoms with Crippen LogP contribution in [0.15, 0.2) is 18.3 Å². The number of aromatic nitrogens is 1. The number of hydrogen-bond donors (Lipinski definition) is 2. The van der Waals surface area contributed by atoms with Crippen molar-refractivity contribution in [2.75, 3.05) is 38.0 Å². The fourth-order valence-electron chi connectivity index (χ4n) is 3.02. The highest BCUT2D eigenvalue weighted by Gasteiger charge is 2.35. The lowest BCUT2D eigenvalue weighted by atomic mass is 10.1. The molecule has 2 saturated heterocycles. The van der Waals surface area contributed by atoms with Crippen LogP contribution in [0.25, 0.3) is 0 Å². The molecule has 1 atom stereocenters. The van der Waals surface area contributed by atoms with Crippen LogP contribution in [-0.4, -0.2) is 59.6 Å². The van der Waals surface area contributed by atoms with Gasteiger partial charge in [-0.2, -0.15) is 0 Å². The first-order valence-electron chi connectivity index (χ1n) is 7.72. The van der Waals surface area contributed by atoms with Crippen molar-refractivity contribution in [1.29, 1.82) is 0 Å². The number of carbonyl (C=O) groups excluding carboxylic acids is 1. The summed E-state index contributed by atoms with van der Waals surface area (Å²) in [7, 11) is 0. The first-order chi connectivity index (χ1) is 10.3. The Balaban J connectivity index is 1.63. The molecule has 1 aromatic rings. The minimum atomic E-state index is 0.0892. The average molecular weight is 289 g/mol. The highest BCUT2D eigenvalue weighted by molar-refractivity contribution is 5.77. The molecule has 0 saturated carbocycles. The summed E-state index contributed by atoms with van der Waals surface area (Å²) in [5.74, 6) is 0.988. The molecular weight excluding hydrogens is 266 g/mol. The van der Waals surface area contributed by atoms with E-state index < -0.39 is 0 Å². The lowest BCUT2D eigenvalue weighted by Gasteiger charge is -2.36. The maximum Gasteiger partial charge on any atom is 0.317 e. The van der Waals surface area contributed by atoms with Gasteiger partial charge in [-0.15, -0.1) is 0 Å². The Morgan fingerprint density at radius 1 is 1.48 bits per heavy atom. The molecule has 114 valence electrons. The standard InChI is InChI=1S/C15H23N5O/c1-2-5-16-14-12(4-3-6-17-14)10-19-7-8-20-13(11-19)9-18-15(20)21/h3-4,6,13H,2,5,7-11H2,1H3,(H,16,17)(H,18,21). The van der Waals surface area contributed by atoms with Crippen molar-refractivity contribution < 1.29 is 4.79 Å². The zero-order valence-corrected chi connectivity index (χ0v) is 12.5. The van der Waals surface area contributed by atoms with E-state index in [1.807, 2.05) is 17.2 Å². The summed E-state index contributed by atoms with van der Waals surface area (Å²) in [5, 5.41) is 6.31. The molecule has 6 heteroatoms. The van der Waals surface area contributed by atoms with Crippen molar-refractivity contribution in [1.82, 2.24) is 20.1 Å². The minimum absolute atomic E-state index is 0.0892. The van der Waals surface area contributed by atoms with Crippen LogP contribution in [0.2, 0.25) is 0 Å². The SMILES string of the molecule is CCCNc1ncccc1CN1CCN2C(=O)NCC2C1. The van der Waals surface area contributed by atoms with Crippen molar-refractivity contribution in [2.45, 2.75) is 25.9 Å². The van der Waals surface area contributed by atoms with Gasteiger partial charge in [0, 0.05) is 51.0 Å². The second-order valence-corrected chi connectivity index (χ2v) is 5.71. The zero-order chi connectivity index (χ0) is 14.7. The van der Waals surface area contributed by atoms with Crippen LogP contribution in [0.3, 0.4) is 0 Å². The number of nitrogens with zero attached hydrogens (tertiary/aromatic N) is 3. The average Bonchev–Trinajstić information content (AvgIpc) is 2.87. The van der Waals surface area contributed by atoms with Crippen LogP contribution in [0.4, 0.5) is 10.6 Å². The van der Waals surface area contributed by atoms with Crippen LogP contribution < -0.4 is 10.6 Å². The molecule has 6 nitrogen and oxygen atoms in total. The number of carbonyl (C=O) groups is 1. The second kappa shape index (κ2) is 6.30. The van der Waals surface area contributed by atoms with E-state index in [1.54, 1.807) is 0 Å². The zero-order valence-electron chi connectivity index (χ0n) is 12.5.